The number of nitrogens with one attached hydrogen (secondary N) is 1. The van der Waals surface area contributed by atoms with Gasteiger partial charge in [-0.15, -0.1) is 0 Å². The van der Waals surface area contributed by atoms with Gasteiger partial charge >= 0.3 is 0 Å². The zero-order chi connectivity index (χ0) is 23.3. The van der Waals surface area contributed by atoms with Crippen LogP contribution in [0.2, 0.25) is 0 Å². The van der Waals surface area contributed by atoms with Gasteiger partial charge in [-0.3, -0.25) is 0 Å². The monoisotopic (exact) mass is 483 g/mol. The number of furan rings is 1. The lowest BCUT2D eigenvalue weighted by Gasteiger charge is -2.17. The molecule has 0 aliphatic heterocycles. The highest BCUT2D eigenvalue weighted by Gasteiger charge is 2.32. The quantitative estimate of drug-likeness (QED) is 0.374. The Morgan fingerprint density at radius 1 is 0.697 bits per heavy atom. The van der Waals surface area contributed by atoms with Crippen molar-refractivity contribution < 1.29 is 26.0 Å². The van der Waals surface area contributed by atoms with Gasteiger partial charge in [0.25, 0.3) is 0 Å². The number of sulfone groups is 1. The molecule has 0 saturated carbocycles. The Hall–Kier alpha value is -3.40. The van der Waals surface area contributed by atoms with Gasteiger partial charge in [0.15, 0.2) is 9.84 Å². The fourth-order valence-electron chi connectivity index (χ4n) is 3.19. The van der Waals surface area contributed by atoms with Crippen molar-refractivity contribution in [3.8, 4) is 11.5 Å². The maximum atomic E-state index is 13.2. The number of ether oxygens (including phenoxy) is 1. The molecular weight excluding hydrogens is 462 g/mol. The van der Waals surface area contributed by atoms with Gasteiger partial charge in [0.05, 0.1) is 16.1 Å². The number of benzene rings is 3. The topological polar surface area (TPSA) is 103 Å². The molecule has 0 amide bonds. The van der Waals surface area contributed by atoms with Crippen LogP contribution in [0.25, 0.3) is 0 Å². The zero-order valence-electron chi connectivity index (χ0n) is 17.4. The van der Waals surface area contributed by atoms with Crippen molar-refractivity contribution in [3.05, 3.63) is 109 Å². The molecule has 170 valence electrons. The Kier molecular flexibility index (Phi) is 6.64. The predicted molar refractivity (Wildman–Crippen MR) is 123 cm³/mol. The highest BCUT2D eigenvalue weighted by Crippen LogP contribution is 2.29. The van der Waals surface area contributed by atoms with Crippen LogP contribution in [0.4, 0.5) is 0 Å². The molecule has 7 nitrogen and oxygen atoms in total. The molecule has 4 rings (SSSR count). The maximum absolute atomic E-state index is 13.2. The minimum absolute atomic E-state index is 0.0155. The van der Waals surface area contributed by atoms with E-state index in [2.05, 4.69) is 4.72 Å². The van der Waals surface area contributed by atoms with Crippen LogP contribution >= 0.6 is 0 Å². The molecule has 33 heavy (non-hydrogen) atoms. The first-order valence-electron chi connectivity index (χ1n) is 10.0. The van der Waals surface area contributed by atoms with Crippen LogP contribution in [0.3, 0.4) is 0 Å². The average molecular weight is 484 g/mol. The van der Waals surface area contributed by atoms with Gasteiger partial charge in [0.1, 0.15) is 22.5 Å². The molecule has 0 radical (unpaired) electrons. The summed E-state index contributed by atoms with van der Waals surface area (Å²) in [6.45, 7) is -0.394. The van der Waals surface area contributed by atoms with Crippen molar-refractivity contribution in [2.24, 2.45) is 0 Å². The summed E-state index contributed by atoms with van der Waals surface area (Å²) in [6.07, 6.45) is 1.35. The summed E-state index contributed by atoms with van der Waals surface area (Å²) < 4.78 is 65.5. The smallest absolute Gasteiger partial charge is 0.240 e. The molecule has 1 heterocycles. The summed E-state index contributed by atoms with van der Waals surface area (Å²) in [7, 11) is -7.90. The number of sulfonamides is 1. The summed E-state index contributed by atoms with van der Waals surface area (Å²) >= 11 is 0. The molecule has 3 aromatic carbocycles. The van der Waals surface area contributed by atoms with E-state index in [1.807, 2.05) is 18.2 Å². The van der Waals surface area contributed by atoms with Gasteiger partial charge in [-0.05, 0) is 60.7 Å². The molecule has 4 aromatic rings. The second kappa shape index (κ2) is 9.62. The van der Waals surface area contributed by atoms with Crippen LogP contribution in [0.15, 0.2) is 118 Å². The third-order valence-corrected chi connectivity index (χ3v) is 8.40. The Balaban J connectivity index is 1.53. The first-order valence-corrected chi connectivity index (χ1v) is 13.0. The molecule has 1 atom stereocenters. The summed E-state index contributed by atoms with van der Waals surface area (Å²) in [5.41, 5.74) is 0. The average Bonchev–Trinajstić information content (AvgIpc) is 3.35. The van der Waals surface area contributed by atoms with Crippen molar-refractivity contribution in [1.82, 2.24) is 4.72 Å². The maximum Gasteiger partial charge on any atom is 0.240 e. The van der Waals surface area contributed by atoms with Gasteiger partial charge in [0.2, 0.25) is 10.0 Å². The molecule has 9 heteroatoms. The molecule has 0 spiro atoms. The summed E-state index contributed by atoms with van der Waals surface area (Å²) in [4.78, 5) is 0.0613. The molecule has 1 N–H and O–H groups in total. The summed E-state index contributed by atoms with van der Waals surface area (Å²) in [5.74, 6) is 1.24. The van der Waals surface area contributed by atoms with E-state index in [1.54, 1.807) is 36.4 Å². The van der Waals surface area contributed by atoms with E-state index in [-0.39, 0.29) is 15.6 Å². The highest BCUT2D eigenvalue weighted by molar-refractivity contribution is 7.92. The van der Waals surface area contributed by atoms with Crippen LogP contribution in [0.1, 0.15) is 11.0 Å². The normalized spacial score (nSPS) is 12.8. The fourth-order valence-corrected chi connectivity index (χ4v) is 5.95. The second-order valence-corrected chi connectivity index (χ2v) is 11.0. The van der Waals surface area contributed by atoms with E-state index < -0.39 is 31.7 Å². The molecule has 0 fully saturated rings. The first-order chi connectivity index (χ1) is 15.9. The largest absolute Gasteiger partial charge is 0.468 e. The summed E-state index contributed by atoms with van der Waals surface area (Å²) in [5, 5.41) is -1.23. The Labute approximate surface area is 192 Å². The zero-order valence-corrected chi connectivity index (χ0v) is 19.0. The van der Waals surface area contributed by atoms with Gasteiger partial charge in [0, 0.05) is 6.54 Å². The molecule has 0 unspecified atom stereocenters. The molecule has 0 bridgehead atoms. The molecule has 0 saturated heterocycles. The van der Waals surface area contributed by atoms with E-state index in [4.69, 9.17) is 9.15 Å². The number of para-hydroxylation sites is 1. The standard InChI is InChI=1S/C24H21NO6S2/c26-32(27,21-10-5-2-6-11-21)24(23-12-7-17-30-23)18-25-33(28,29)22-15-13-20(14-16-22)31-19-8-3-1-4-9-19/h1-17,24-25H,18H2/t24-/m0/s1. The van der Waals surface area contributed by atoms with E-state index in [1.165, 1.54) is 48.7 Å². The number of hydrogen-bond acceptors (Lipinski definition) is 6. The van der Waals surface area contributed by atoms with Crippen LogP contribution in [0, 0.1) is 0 Å². The molecule has 0 aliphatic carbocycles. The van der Waals surface area contributed by atoms with Crippen molar-refractivity contribution in [3.63, 3.8) is 0 Å². The van der Waals surface area contributed by atoms with E-state index in [9.17, 15) is 16.8 Å². The van der Waals surface area contributed by atoms with Crippen molar-refractivity contribution >= 4 is 19.9 Å². The van der Waals surface area contributed by atoms with Crippen molar-refractivity contribution in [2.75, 3.05) is 6.54 Å². The highest BCUT2D eigenvalue weighted by atomic mass is 32.2. The molecule has 0 aliphatic rings. The van der Waals surface area contributed by atoms with Crippen molar-refractivity contribution in [1.29, 1.82) is 0 Å². The van der Waals surface area contributed by atoms with Crippen LogP contribution < -0.4 is 9.46 Å². The van der Waals surface area contributed by atoms with Gasteiger partial charge in [-0.25, -0.2) is 21.6 Å². The van der Waals surface area contributed by atoms with E-state index in [0.29, 0.717) is 11.5 Å². The minimum atomic E-state index is -3.99. The van der Waals surface area contributed by atoms with Gasteiger partial charge in [-0.2, -0.15) is 0 Å². The van der Waals surface area contributed by atoms with Crippen LogP contribution in [-0.2, 0) is 19.9 Å². The Morgan fingerprint density at radius 2 is 1.30 bits per heavy atom. The predicted octanol–water partition coefficient (Wildman–Crippen LogP) is 4.57. The first kappa shape index (κ1) is 22.8. The Morgan fingerprint density at radius 3 is 1.91 bits per heavy atom. The minimum Gasteiger partial charge on any atom is -0.468 e. The van der Waals surface area contributed by atoms with E-state index in [0.717, 1.165) is 0 Å². The van der Waals surface area contributed by atoms with Crippen LogP contribution in [0.5, 0.6) is 11.5 Å². The number of hydrogen-bond donors (Lipinski definition) is 1. The SMILES string of the molecule is O=S(=O)(NC[C@@H](c1ccco1)S(=O)(=O)c1ccccc1)c1ccc(Oc2ccccc2)cc1. The van der Waals surface area contributed by atoms with Crippen LogP contribution in [-0.4, -0.2) is 23.4 Å². The van der Waals surface area contributed by atoms with Crippen molar-refractivity contribution in [2.45, 2.75) is 15.0 Å². The third-order valence-electron chi connectivity index (χ3n) is 4.88. The lowest BCUT2D eigenvalue weighted by Crippen LogP contribution is -2.31. The molecule has 1 aromatic heterocycles. The summed E-state index contributed by atoms with van der Waals surface area (Å²) in [6, 6.07) is 25.9. The Bertz CT molecular complexity index is 1390. The fraction of sp³-hybridized carbons (Fsp3) is 0.0833. The van der Waals surface area contributed by atoms with E-state index >= 15 is 0 Å². The van der Waals surface area contributed by atoms with Gasteiger partial charge < -0.3 is 9.15 Å². The second-order valence-electron chi connectivity index (χ2n) is 7.10. The number of rotatable bonds is 9. The lowest BCUT2D eigenvalue weighted by molar-refractivity contribution is 0.482. The molecular formula is C24H21NO6S2. The van der Waals surface area contributed by atoms with Gasteiger partial charge in [-0.1, -0.05) is 36.4 Å². The lowest BCUT2D eigenvalue weighted by atomic mass is 10.3. The third kappa shape index (κ3) is 5.33.